The number of aromatic nitrogens is 1. The topological polar surface area (TPSA) is 359 Å². The molecule has 7 unspecified atom stereocenters. The van der Waals surface area contributed by atoms with Gasteiger partial charge >= 0.3 is 6.09 Å². The smallest absolute Gasteiger partial charge is 0.407 e. The zero-order chi connectivity index (χ0) is 62.1. The minimum Gasteiger partial charge on any atom is -0.444 e. The van der Waals surface area contributed by atoms with Crippen molar-refractivity contribution >= 4 is 82.1 Å². The highest BCUT2D eigenvalue weighted by Gasteiger charge is 2.24. The molecule has 0 aliphatic rings. The highest BCUT2D eigenvalue weighted by molar-refractivity contribution is 8.76. The van der Waals surface area contributed by atoms with E-state index in [0.29, 0.717) is 64.2 Å². The van der Waals surface area contributed by atoms with Crippen molar-refractivity contribution in [3.05, 3.63) is 108 Å². The maximum absolute atomic E-state index is 12.6. The van der Waals surface area contributed by atoms with Crippen molar-refractivity contribution in [3.63, 3.8) is 0 Å². The number of carbonyl (C=O) groups is 8. The van der Waals surface area contributed by atoms with Gasteiger partial charge in [0.2, 0.25) is 24.6 Å². The zero-order valence-corrected chi connectivity index (χ0v) is 50.8. The van der Waals surface area contributed by atoms with Crippen LogP contribution in [0.1, 0.15) is 83.9 Å². The fourth-order valence-corrected chi connectivity index (χ4v) is 8.89. The molecule has 0 saturated heterocycles. The Kier molecular flexibility index (Phi) is 46.9. The summed E-state index contributed by atoms with van der Waals surface area (Å²) in [7, 11) is 9.07. The van der Waals surface area contributed by atoms with Gasteiger partial charge in [-0.15, -0.1) is 0 Å². The summed E-state index contributed by atoms with van der Waals surface area (Å²) in [6.07, 6.45) is 7.28. The monoisotopic (exact) mass is 1190 g/mol. The van der Waals surface area contributed by atoms with E-state index in [-0.39, 0.29) is 24.5 Å². The highest BCUT2D eigenvalue weighted by Crippen LogP contribution is 2.21. The second-order valence-electron chi connectivity index (χ2n) is 19.1. The van der Waals surface area contributed by atoms with E-state index in [4.69, 9.17) is 20.7 Å². The van der Waals surface area contributed by atoms with Crippen LogP contribution in [0.2, 0.25) is 0 Å². The fourth-order valence-electron chi connectivity index (χ4n) is 6.74. The number of benzene rings is 3. The number of hydrogen-bond donors (Lipinski definition) is 13. The van der Waals surface area contributed by atoms with Crippen LogP contribution in [-0.2, 0) is 57.6 Å². The number of unbranched alkanes of at least 4 members (excludes halogenated alkanes) is 1. The van der Waals surface area contributed by atoms with Crippen LogP contribution in [0.3, 0.4) is 0 Å². The van der Waals surface area contributed by atoms with E-state index in [1.54, 1.807) is 27.8 Å². The first-order valence-electron chi connectivity index (χ1n) is 27.1. The van der Waals surface area contributed by atoms with Gasteiger partial charge in [-0.2, -0.15) is 0 Å². The molecule has 0 radical (unpaired) electrons. The number of nitrogens with two attached hydrogens (primary N) is 2. The average molecular weight is 1190 g/mol. The van der Waals surface area contributed by atoms with Crippen LogP contribution >= 0.6 is 21.6 Å². The third-order valence-corrected chi connectivity index (χ3v) is 13.7. The molecule has 8 atom stereocenters. The Hall–Kier alpha value is -6.22. The number of hydrogen-bond acceptors (Lipinski definition) is 18. The molecule has 82 heavy (non-hydrogen) atoms. The first kappa shape index (κ1) is 77.8. The molecule has 0 fully saturated rings. The molecule has 4 rings (SSSR count). The van der Waals surface area contributed by atoms with E-state index in [1.165, 1.54) is 38.8 Å². The van der Waals surface area contributed by atoms with Gasteiger partial charge < -0.3 is 88.1 Å². The molecule has 0 spiro atoms. The third-order valence-electron chi connectivity index (χ3n) is 11.1. The van der Waals surface area contributed by atoms with E-state index >= 15 is 0 Å². The normalized spacial score (nSPS) is 13.3. The molecule has 5 amide bonds. The van der Waals surface area contributed by atoms with Gasteiger partial charge in [-0.1, -0.05) is 107 Å². The number of fused-ring (bicyclic) bond motifs is 1. The molecule has 0 aliphatic carbocycles. The van der Waals surface area contributed by atoms with Gasteiger partial charge in [0.25, 0.3) is 0 Å². The standard InChI is InChI=1S/C21H21N3O3.C16H31N3O5.C9H11NO.C6H15NS2.C5H11NO3.CH5N/c25-13-17(11-16-12-22-19-9-5-4-8-18(16)19)24-21(27)20(23-14-26)10-15-6-2-1-3-7-15;1-11(21)13(10-20)19-14(22)12(17-5)8-6-7-9-18-15(23)24-16(2,3)4;10-9(7-11)6-8-4-2-1-3-5-8;1-3-5-8-9-6-4-7-2;1-4(9)5(2-7)6-3-8;1-2/h1-9,12-14,17,20,22H,10-11H2,(H,23,26)(H,24,27);10-13,17,21H,6-9H2,1-5H3,(H,18,23)(H,19,22);1-5,7,9H,6,10H2;7H,3-6H2,1-2H3;3-5,7,9H,2H2,1H3,(H,6,8);2H2,1H3/t17-,20?;;;;;/m1...../s1. The first-order chi connectivity index (χ1) is 39.3. The number of carbonyl (C=O) groups excluding carboxylic acids is 8. The summed E-state index contributed by atoms with van der Waals surface area (Å²) < 4.78 is 5.12. The summed E-state index contributed by atoms with van der Waals surface area (Å²) in [5.41, 5.74) is 13.4. The Bertz CT molecular complexity index is 2290. The molecule has 22 nitrogen and oxygen atoms in total. The van der Waals surface area contributed by atoms with E-state index in [2.05, 4.69) is 54.9 Å². The Balaban J connectivity index is 0. The Morgan fingerprint density at radius 3 is 1.77 bits per heavy atom. The number of amides is 5. The fraction of sp³-hybridized carbons (Fsp3) is 0.517. The molecule has 1 heterocycles. The number of alkyl carbamates (subject to hydrolysis) is 1. The lowest BCUT2D eigenvalue weighted by Crippen LogP contribution is -2.50. The van der Waals surface area contributed by atoms with Crippen LogP contribution in [0.15, 0.2) is 91.1 Å². The summed E-state index contributed by atoms with van der Waals surface area (Å²) in [5, 5.41) is 46.3. The van der Waals surface area contributed by atoms with Crippen LogP contribution in [0.25, 0.3) is 10.9 Å². The number of ether oxygens (including phenoxy) is 1. The number of aliphatic hydroxyl groups excluding tert-OH is 3. The Morgan fingerprint density at radius 2 is 1.28 bits per heavy atom. The number of nitrogens with one attached hydrogen (secondary N) is 8. The number of likely N-dealkylation sites (N-methyl/N-ethyl adjacent to an activating group) is 1. The number of aldehydes is 3. The van der Waals surface area contributed by atoms with Gasteiger partial charge in [0, 0.05) is 54.5 Å². The van der Waals surface area contributed by atoms with Gasteiger partial charge in [0.15, 0.2) is 0 Å². The second-order valence-corrected chi connectivity index (χ2v) is 21.8. The van der Waals surface area contributed by atoms with Gasteiger partial charge in [0.05, 0.1) is 43.0 Å². The van der Waals surface area contributed by atoms with E-state index in [0.717, 1.165) is 46.7 Å². The maximum atomic E-state index is 12.6. The van der Waals surface area contributed by atoms with Crippen molar-refractivity contribution < 1.29 is 58.4 Å². The minimum absolute atomic E-state index is 0.240. The van der Waals surface area contributed by atoms with Crippen LogP contribution in [0.4, 0.5) is 4.79 Å². The van der Waals surface area contributed by atoms with Crippen LogP contribution in [0.5, 0.6) is 0 Å². The molecule has 24 heteroatoms. The molecular formula is C58H94N10O12S2. The van der Waals surface area contributed by atoms with E-state index < -0.39 is 54.1 Å². The summed E-state index contributed by atoms with van der Waals surface area (Å²) >= 11 is 0. The van der Waals surface area contributed by atoms with Crippen LogP contribution in [0, 0.1) is 0 Å². The predicted octanol–water partition coefficient (Wildman–Crippen LogP) is 2.89. The molecule has 15 N–H and O–H groups in total. The Labute approximate surface area is 492 Å². The van der Waals surface area contributed by atoms with Gasteiger partial charge in [-0.3, -0.25) is 19.2 Å². The maximum Gasteiger partial charge on any atom is 0.407 e. The lowest BCUT2D eigenvalue weighted by molar-refractivity contribution is -0.127. The van der Waals surface area contributed by atoms with Gasteiger partial charge in [0.1, 0.15) is 36.5 Å². The number of rotatable bonds is 32. The van der Waals surface area contributed by atoms with Crippen LogP contribution < -0.4 is 48.7 Å². The quantitative estimate of drug-likeness (QED) is 0.0190. The Morgan fingerprint density at radius 1 is 0.707 bits per heavy atom. The summed E-state index contributed by atoms with van der Waals surface area (Å²) in [4.78, 5) is 92.4. The zero-order valence-electron chi connectivity index (χ0n) is 49.1. The van der Waals surface area contributed by atoms with E-state index in [9.17, 15) is 43.5 Å². The highest BCUT2D eigenvalue weighted by atomic mass is 33.1. The summed E-state index contributed by atoms with van der Waals surface area (Å²) in [5.74, 6) is 1.79. The largest absolute Gasteiger partial charge is 0.444 e. The predicted molar refractivity (Wildman–Crippen MR) is 329 cm³/mol. The van der Waals surface area contributed by atoms with Gasteiger partial charge in [-0.25, -0.2) is 4.79 Å². The molecule has 460 valence electrons. The molecule has 3 aromatic carbocycles. The number of aromatic amines is 1. The van der Waals surface area contributed by atoms with Crippen LogP contribution in [-0.4, -0.2) is 176 Å². The molecule has 0 bridgehead atoms. The number of para-hydroxylation sites is 1. The lowest BCUT2D eigenvalue weighted by atomic mass is 10.0. The lowest BCUT2D eigenvalue weighted by Gasteiger charge is -2.21. The summed E-state index contributed by atoms with van der Waals surface area (Å²) in [6, 6.07) is 23.2. The number of H-pyrrole nitrogens is 1. The summed E-state index contributed by atoms with van der Waals surface area (Å²) in [6.45, 7) is 11.9. The van der Waals surface area contributed by atoms with Crippen molar-refractivity contribution in [1.29, 1.82) is 0 Å². The molecular weight excluding hydrogens is 1090 g/mol. The molecule has 4 aromatic rings. The van der Waals surface area contributed by atoms with Crippen molar-refractivity contribution in [3.8, 4) is 0 Å². The first-order valence-corrected chi connectivity index (χ1v) is 29.6. The van der Waals surface area contributed by atoms with Crippen molar-refractivity contribution in [2.75, 3.05) is 52.3 Å². The van der Waals surface area contributed by atoms with Crippen molar-refractivity contribution in [2.45, 2.75) is 141 Å². The van der Waals surface area contributed by atoms with Gasteiger partial charge in [-0.05, 0) is 111 Å². The molecule has 0 saturated carbocycles. The molecule has 0 aliphatic heterocycles. The second kappa shape index (κ2) is 49.4. The van der Waals surface area contributed by atoms with Crippen molar-refractivity contribution in [2.24, 2.45) is 11.5 Å². The minimum atomic E-state index is -0.943. The third kappa shape index (κ3) is 38.5. The number of aliphatic hydroxyl groups is 3. The SMILES string of the molecule is CC(O)C(CO)NC=O.CCCSSCCNC.CN.CNC(CCCCNC(=O)OC(C)(C)C)C(=O)NC(C=O)C(C)O.NC(C=O)Cc1ccccc1.O=CNC(Cc1ccccc1)C(=O)N[C@@H](C=O)Cc1c[nH]c2ccccc12. The molecule has 1 aromatic heterocycles. The average Bonchev–Trinajstić information content (AvgIpc) is 4.10. The van der Waals surface area contributed by atoms with E-state index in [1.807, 2.05) is 120 Å². The van der Waals surface area contributed by atoms with Crippen molar-refractivity contribution in [1.82, 2.24) is 42.2 Å².